The zero-order valence-corrected chi connectivity index (χ0v) is 19.2. The minimum atomic E-state index is -0.622. The highest BCUT2D eigenvalue weighted by atomic mass is 19.1. The molecule has 3 aromatic heterocycles. The number of pyridine rings is 1. The van der Waals surface area contributed by atoms with Crippen molar-refractivity contribution in [1.82, 2.24) is 29.6 Å². The zero-order chi connectivity index (χ0) is 24.5. The molecule has 0 saturated heterocycles. The van der Waals surface area contributed by atoms with Crippen molar-refractivity contribution < 1.29 is 14.3 Å². The lowest BCUT2D eigenvalue weighted by molar-refractivity contribution is 0.0718. The Morgan fingerprint density at radius 3 is 2.63 bits per heavy atom. The third kappa shape index (κ3) is 4.57. The van der Waals surface area contributed by atoms with Gasteiger partial charge in [0, 0.05) is 43.0 Å². The summed E-state index contributed by atoms with van der Waals surface area (Å²) in [7, 11) is 1.78. The Morgan fingerprint density at radius 1 is 1.14 bits per heavy atom. The third-order valence-corrected chi connectivity index (χ3v) is 6.42. The van der Waals surface area contributed by atoms with E-state index in [2.05, 4.69) is 20.4 Å². The predicted molar refractivity (Wildman–Crippen MR) is 127 cm³/mol. The van der Waals surface area contributed by atoms with Crippen LogP contribution in [-0.4, -0.2) is 47.5 Å². The van der Waals surface area contributed by atoms with E-state index < -0.39 is 23.4 Å². The van der Waals surface area contributed by atoms with Crippen LogP contribution in [0.1, 0.15) is 41.6 Å². The first-order valence-corrected chi connectivity index (χ1v) is 11.5. The number of hydrogen-bond donors (Lipinski definition) is 2. The monoisotopic (exact) mass is 476 g/mol. The normalized spacial score (nSPS) is 18.0. The Hall–Kier alpha value is -3.92. The second-order valence-corrected chi connectivity index (χ2v) is 8.87. The van der Waals surface area contributed by atoms with E-state index in [0.29, 0.717) is 18.4 Å². The van der Waals surface area contributed by atoms with E-state index >= 15 is 4.39 Å². The van der Waals surface area contributed by atoms with Crippen molar-refractivity contribution in [3.63, 3.8) is 0 Å². The van der Waals surface area contributed by atoms with Crippen LogP contribution in [0, 0.1) is 5.82 Å². The molecule has 3 heterocycles. The summed E-state index contributed by atoms with van der Waals surface area (Å²) >= 11 is 0. The van der Waals surface area contributed by atoms with Gasteiger partial charge < -0.3 is 15.0 Å². The minimum Gasteiger partial charge on any atom is -0.391 e. The first-order chi connectivity index (χ1) is 16.9. The highest BCUT2D eigenvalue weighted by Crippen LogP contribution is 2.23. The molecule has 1 amide bonds. The van der Waals surface area contributed by atoms with Gasteiger partial charge in [-0.2, -0.15) is 5.10 Å². The van der Waals surface area contributed by atoms with Crippen LogP contribution in [0.2, 0.25) is 0 Å². The van der Waals surface area contributed by atoms with Gasteiger partial charge >= 0.3 is 0 Å². The standard InChI is InChI=1S/C25H25FN6O3/c1-31-12-17(11-29-31)15-6-7-16(19(26)10-15)13-32-14-18(22-23(25(32)35)28-9-8-27-22)24(34)30-20-4-2-3-5-21(20)33/h6-12,14,20-21,33H,2-5,13H2,1H3,(H,30,34)/t20-,21-/m0/s1. The van der Waals surface area contributed by atoms with E-state index in [1.165, 1.54) is 29.2 Å². The number of benzene rings is 1. The van der Waals surface area contributed by atoms with Crippen molar-refractivity contribution in [3.8, 4) is 11.1 Å². The maximum Gasteiger partial charge on any atom is 0.279 e. The van der Waals surface area contributed by atoms with Gasteiger partial charge in [0.25, 0.3) is 11.5 Å². The lowest BCUT2D eigenvalue weighted by atomic mass is 9.92. The van der Waals surface area contributed by atoms with Crippen LogP contribution in [0.5, 0.6) is 0 Å². The Kier molecular flexibility index (Phi) is 6.12. The zero-order valence-electron chi connectivity index (χ0n) is 19.2. The average molecular weight is 477 g/mol. The molecule has 2 N–H and O–H groups in total. The van der Waals surface area contributed by atoms with Gasteiger partial charge in [-0.1, -0.05) is 25.0 Å². The molecule has 0 radical (unpaired) electrons. The molecule has 5 rings (SSSR count). The summed E-state index contributed by atoms with van der Waals surface area (Å²) in [5.41, 5.74) is 1.61. The van der Waals surface area contributed by atoms with Crippen molar-refractivity contribution in [2.75, 3.05) is 0 Å². The van der Waals surface area contributed by atoms with E-state index in [-0.39, 0.29) is 34.7 Å². The van der Waals surface area contributed by atoms with Crippen molar-refractivity contribution in [2.24, 2.45) is 7.05 Å². The third-order valence-electron chi connectivity index (χ3n) is 6.42. The molecular formula is C25H25FN6O3. The first-order valence-electron chi connectivity index (χ1n) is 11.5. The Balaban J connectivity index is 1.49. The SMILES string of the molecule is Cn1cc(-c2ccc(Cn3cc(C(=O)N[C@H]4CCCC[C@@H]4O)c4nccnc4c3=O)c(F)c2)cn1. The fourth-order valence-corrected chi connectivity index (χ4v) is 4.52. The summed E-state index contributed by atoms with van der Waals surface area (Å²) < 4.78 is 17.9. The van der Waals surface area contributed by atoms with E-state index in [4.69, 9.17) is 0 Å². The Morgan fingerprint density at radius 2 is 1.91 bits per heavy atom. The topological polar surface area (TPSA) is 115 Å². The minimum absolute atomic E-state index is 0.0248. The second kappa shape index (κ2) is 9.38. The summed E-state index contributed by atoms with van der Waals surface area (Å²) in [6.45, 7) is -0.0865. The molecule has 35 heavy (non-hydrogen) atoms. The molecule has 0 spiro atoms. The fraction of sp³-hybridized carbons (Fsp3) is 0.320. The maximum atomic E-state index is 15.0. The van der Waals surface area contributed by atoms with Gasteiger partial charge in [-0.05, 0) is 24.5 Å². The Bertz CT molecular complexity index is 1460. The van der Waals surface area contributed by atoms with E-state index in [1.54, 1.807) is 36.3 Å². The first kappa shape index (κ1) is 22.9. The summed E-state index contributed by atoms with van der Waals surface area (Å²) in [5.74, 6) is -0.934. The van der Waals surface area contributed by atoms with E-state index in [9.17, 15) is 14.7 Å². The summed E-state index contributed by atoms with van der Waals surface area (Å²) in [5, 5.41) is 17.2. The maximum absolute atomic E-state index is 15.0. The number of aliphatic hydroxyl groups is 1. The van der Waals surface area contributed by atoms with Gasteiger partial charge in [0.2, 0.25) is 0 Å². The summed E-state index contributed by atoms with van der Waals surface area (Å²) in [6.07, 6.45) is 10.1. The molecule has 1 aliphatic rings. The molecule has 1 fully saturated rings. The fourth-order valence-electron chi connectivity index (χ4n) is 4.52. The molecule has 0 aliphatic heterocycles. The van der Waals surface area contributed by atoms with Crippen LogP contribution in [0.3, 0.4) is 0 Å². The number of nitrogens with zero attached hydrogens (tertiary/aromatic N) is 5. The van der Waals surface area contributed by atoms with E-state index in [1.807, 2.05) is 0 Å². The van der Waals surface area contributed by atoms with Gasteiger partial charge in [-0.3, -0.25) is 19.3 Å². The summed E-state index contributed by atoms with van der Waals surface area (Å²) in [6, 6.07) is 4.40. The molecule has 0 bridgehead atoms. The number of carbonyl (C=O) groups is 1. The Labute approximate surface area is 200 Å². The molecule has 180 valence electrons. The number of amides is 1. The lowest BCUT2D eigenvalue weighted by Gasteiger charge is -2.28. The molecule has 9 nitrogen and oxygen atoms in total. The van der Waals surface area contributed by atoms with Gasteiger partial charge in [-0.15, -0.1) is 0 Å². The number of halogens is 1. The second-order valence-electron chi connectivity index (χ2n) is 8.87. The number of carbonyl (C=O) groups excluding carboxylic acids is 1. The highest BCUT2D eigenvalue weighted by molar-refractivity contribution is 6.04. The van der Waals surface area contributed by atoms with Crippen LogP contribution in [0.25, 0.3) is 22.2 Å². The number of fused-ring (bicyclic) bond motifs is 1. The average Bonchev–Trinajstić information content (AvgIpc) is 3.29. The highest BCUT2D eigenvalue weighted by Gasteiger charge is 2.26. The quantitative estimate of drug-likeness (QED) is 0.457. The number of aromatic nitrogens is 5. The van der Waals surface area contributed by atoms with Crippen molar-refractivity contribution in [2.45, 2.75) is 44.4 Å². The molecule has 10 heteroatoms. The van der Waals surface area contributed by atoms with Gasteiger partial charge in [-0.25, -0.2) is 9.37 Å². The molecular weight excluding hydrogens is 451 g/mol. The number of nitrogens with one attached hydrogen (secondary N) is 1. The van der Waals surface area contributed by atoms with Gasteiger partial charge in [0.15, 0.2) is 5.52 Å². The van der Waals surface area contributed by atoms with Crippen molar-refractivity contribution >= 4 is 16.9 Å². The van der Waals surface area contributed by atoms with Crippen LogP contribution < -0.4 is 10.9 Å². The van der Waals surface area contributed by atoms with Crippen LogP contribution in [0.15, 0.2) is 54.0 Å². The number of hydrogen-bond acceptors (Lipinski definition) is 6. The van der Waals surface area contributed by atoms with Crippen molar-refractivity contribution in [3.05, 3.63) is 76.5 Å². The van der Waals surface area contributed by atoms with Crippen molar-refractivity contribution in [1.29, 1.82) is 0 Å². The number of rotatable bonds is 5. The lowest BCUT2D eigenvalue weighted by Crippen LogP contribution is -2.45. The number of aliphatic hydroxyl groups excluding tert-OH is 1. The largest absolute Gasteiger partial charge is 0.391 e. The molecule has 1 saturated carbocycles. The summed E-state index contributed by atoms with van der Waals surface area (Å²) in [4.78, 5) is 34.6. The molecule has 1 aromatic carbocycles. The predicted octanol–water partition coefficient (Wildman–Crippen LogP) is 2.41. The van der Waals surface area contributed by atoms with Crippen LogP contribution in [-0.2, 0) is 13.6 Å². The molecule has 4 aromatic rings. The molecule has 2 atom stereocenters. The number of aryl methyl sites for hydroxylation is 1. The van der Waals surface area contributed by atoms with Gasteiger partial charge in [0.05, 0.1) is 30.5 Å². The van der Waals surface area contributed by atoms with Crippen LogP contribution in [0.4, 0.5) is 4.39 Å². The molecule has 0 unspecified atom stereocenters. The smallest absolute Gasteiger partial charge is 0.279 e. The van der Waals surface area contributed by atoms with Gasteiger partial charge in [0.1, 0.15) is 11.3 Å². The molecule has 1 aliphatic carbocycles. The van der Waals surface area contributed by atoms with E-state index in [0.717, 1.165) is 18.4 Å². The van der Waals surface area contributed by atoms with Crippen LogP contribution >= 0.6 is 0 Å².